The standard InChI is InChI=1S/C43H68N6O7/c1-8-21-44-38(54)35(52)30(23-28-14-15-28)45-37(53)34-29(27(2)3)16-22-48(34)39(55)36(42(7)17-10-9-11-18-42)47-40(56)46-31(41(4,5)6)26-49-32(50)24-43(25-33(49)51)19-12-13-20-43/h8,27-31,34,36H,1,9-26H2,2-7H3,(H,44,54)(H,45,53)(H2,46,47,56)/t29?,30?,31-,34+,36-/m1/s1. The Kier molecular flexibility index (Phi) is 13.8. The lowest BCUT2D eigenvalue weighted by atomic mass is 9.70. The molecule has 3 aliphatic carbocycles. The predicted octanol–water partition coefficient (Wildman–Crippen LogP) is 4.78. The van der Waals surface area contributed by atoms with Crippen LogP contribution in [0, 0.1) is 34.0 Å². The number of urea groups is 1. The fourth-order valence-corrected chi connectivity index (χ4v) is 9.80. The zero-order valence-electron chi connectivity index (χ0n) is 34.8. The largest absolute Gasteiger partial charge is 0.346 e. The maximum atomic E-state index is 15.0. The monoisotopic (exact) mass is 781 g/mol. The molecule has 5 rings (SSSR count). The smallest absolute Gasteiger partial charge is 0.315 e. The van der Waals surface area contributed by atoms with Crippen molar-refractivity contribution in [3.63, 3.8) is 0 Å². The molecule has 5 fully saturated rings. The van der Waals surface area contributed by atoms with Gasteiger partial charge in [-0.1, -0.05) is 92.6 Å². The third-order valence-electron chi connectivity index (χ3n) is 13.6. The fraction of sp³-hybridized carbons (Fsp3) is 0.791. The van der Waals surface area contributed by atoms with Crippen LogP contribution in [-0.4, -0.2) is 95.0 Å². The van der Waals surface area contributed by atoms with Crippen LogP contribution in [0.5, 0.6) is 0 Å². The van der Waals surface area contributed by atoms with Crippen molar-refractivity contribution in [3.8, 4) is 0 Å². The Hall–Kier alpha value is -3.77. The zero-order chi connectivity index (χ0) is 41.0. The Balaban J connectivity index is 1.36. The summed E-state index contributed by atoms with van der Waals surface area (Å²) in [6.07, 6.45) is 13.0. The summed E-state index contributed by atoms with van der Waals surface area (Å²) in [5.41, 5.74) is -1.36. The van der Waals surface area contributed by atoms with E-state index >= 15 is 0 Å². The van der Waals surface area contributed by atoms with Crippen molar-refractivity contribution in [3.05, 3.63) is 12.7 Å². The summed E-state index contributed by atoms with van der Waals surface area (Å²) < 4.78 is 0. The molecule has 13 heteroatoms. The van der Waals surface area contributed by atoms with Gasteiger partial charge in [0.2, 0.25) is 29.4 Å². The van der Waals surface area contributed by atoms with Crippen molar-refractivity contribution in [2.24, 2.45) is 34.0 Å². The van der Waals surface area contributed by atoms with E-state index in [9.17, 15) is 33.6 Å². The van der Waals surface area contributed by atoms with E-state index in [-0.39, 0.29) is 54.0 Å². The number of rotatable bonds is 15. The van der Waals surface area contributed by atoms with Crippen molar-refractivity contribution in [1.82, 2.24) is 31.1 Å². The summed E-state index contributed by atoms with van der Waals surface area (Å²) in [6.45, 7) is 16.0. The number of piperidine rings is 1. The Bertz CT molecular complexity index is 1500. The van der Waals surface area contributed by atoms with Gasteiger partial charge in [0.25, 0.3) is 5.91 Å². The van der Waals surface area contributed by atoms with Crippen LogP contribution in [0.4, 0.5) is 4.79 Å². The molecule has 0 bridgehead atoms. The molecule has 13 nitrogen and oxygen atoms in total. The normalized spacial score (nSPS) is 25.1. The number of ketones is 1. The van der Waals surface area contributed by atoms with Gasteiger partial charge in [-0.2, -0.15) is 0 Å². The van der Waals surface area contributed by atoms with E-state index in [1.807, 2.05) is 41.5 Å². The Morgan fingerprint density at radius 3 is 2.04 bits per heavy atom. The van der Waals surface area contributed by atoms with Gasteiger partial charge in [-0.05, 0) is 72.5 Å². The molecule has 5 atom stereocenters. The molecule has 4 N–H and O–H groups in total. The van der Waals surface area contributed by atoms with Gasteiger partial charge in [-0.25, -0.2) is 4.79 Å². The topological polar surface area (TPSA) is 174 Å². The van der Waals surface area contributed by atoms with Gasteiger partial charge in [-0.15, -0.1) is 6.58 Å². The van der Waals surface area contributed by atoms with Crippen LogP contribution in [0.15, 0.2) is 12.7 Å². The number of hydrogen-bond acceptors (Lipinski definition) is 7. The van der Waals surface area contributed by atoms with Crippen molar-refractivity contribution in [2.75, 3.05) is 19.6 Å². The number of hydrogen-bond donors (Lipinski definition) is 4. The summed E-state index contributed by atoms with van der Waals surface area (Å²) in [5, 5.41) is 11.6. The molecular formula is C43H68N6O7. The van der Waals surface area contributed by atoms with Crippen LogP contribution in [0.2, 0.25) is 0 Å². The highest BCUT2D eigenvalue weighted by Crippen LogP contribution is 2.47. The molecule has 0 radical (unpaired) electrons. The van der Waals surface area contributed by atoms with Crippen molar-refractivity contribution >= 4 is 41.4 Å². The van der Waals surface area contributed by atoms with Gasteiger partial charge >= 0.3 is 6.03 Å². The lowest BCUT2D eigenvalue weighted by Gasteiger charge is -2.43. The van der Waals surface area contributed by atoms with Gasteiger partial charge in [0.05, 0.1) is 12.1 Å². The first-order valence-corrected chi connectivity index (χ1v) is 21.3. The van der Waals surface area contributed by atoms with Crippen LogP contribution < -0.4 is 21.3 Å². The van der Waals surface area contributed by atoms with E-state index < -0.39 is 58.6 Å². The van der Waals surface area contributed by atoms with E-state index in [1.165, 1.54) is 11.0 Å². The minimum Gasteiger partial charge on any atom is -0.346 e. The molecule has 1 spiro atoms. The molecule has 56 heavy (non-hydrogen) atoms. The van der Waals surface area contributed by atoms with Crippen LogP contribution in [0.1, 0.15) is 138 Å². The SMILES string of the molecule is C=CCNC(=O)C(=O)C(CC1CC1)NC(=O)[C@@H]1C(C(C)C)CCN1C(=O)[C@@H](NC(=O)N[C@H](CN1C(=O)CC2(CCCC2)CC1=O)C(C)(C)C)C1(C)CCCCC1. The molecule has 0 aromatic heterocycles. The number of nitrogens with zero attached hydrogens (tertiary/aromatic N) is 2. The lowest BCUT2D eigenvalue weighted by Crippen LogP contribution is -2.64. The fourth-order valence-electron chi connectivity index (χ4n) is 9.80. The van der Waals surface area contributed by atoms with Gasteiger partial charge in [0.1, 0.15) is 12.1 Å². The van der Waals surface area contributed by atoms with Crippen LogP contribution in [0.25, 0.3) is 0 Å². The molecule has 0 aromatic carbocycles. The Morgan fingerprint density at radius 2 is 1.48 bits per heavy atom. The highest BCUT2D eigenvalue weighted by Gasteiger charge is 2.51. The maximum absolute atomic E-state index is 15.0. The Labute approximate surface area is 333 Å². The minimum absolute atomic E-state index is 0.0355. The number of likely N-dealkylation sites (tertiary alicyclic amines) is 2. The number of carbonyl (C=O) groups is 7. The van der Waals surface area contributed by atoms with Gasteiger partial charge < -0.3 is 26.2 Å². The average Bonchev–Trinajstić information content (AvgIpc) is 3.65. The lowest BCUT2D eigenvalue weighted by molar-refractivity contribution is -0.154. The zero-order valence-corrected chi connectivity index (χ0v) is 34.8. The number of carbonyl (C=O) groups excluding carboxylic acids is 7. The highest BCUT2D eigenvalue weighted by molar-refractivity contribution is 6.38. The van der Waals surface area contributed by atoms with E-state index in [4.69, 9.17) is 0 Å². The molecular weight excluding hydrogens is 713 g/mol. The number of imide groups is 1. The summed E-state index contributed by atoms with van der Waals surface area (Å²) in [7, 11) is 0. The molecule has 2 aliphatic heterocycles. The van der Waals surface area contributed by atoms with Gasteiger partial charge in [0, 0.05) is 32.5 Å². The first-order valence-electron chi connectivity index (χ1n) is 21.3. The first-order chi connectivity index (χ1) is 26.4. The quantitative estimate of drug-likeness (QED) is 0.105. The van der Waals surface area contributed by atoms with E-state index in [0.717, 1.165) is 57.8 Å². The van der Waals surface area contributed by atoms with E-state index in [0.29, 0.717) is 45.1 Å². The predicted molar refractivity (Wildman–Crippen MR) is 213 cm³/mol. The highest BCUT2D eigenvalue weighted by atomic mass is 16.2. The Morgan fingerprint density at radius 1 is 0.875 bits per heavy atom. The number of Topliss-reactive ketones (excluding diaryl/α,β-unsaturated/α-hetero) is 1. The summed E-state index contributed by atoms with van der Waals surface area (Å²) >= 11 is 0. The van der Waals surface area contributed by atoms with Crippen LogP contribution in [0.3, 0.4) is 0 Å². The third-order valence-corrected chi connectivity index (χ3v) is 13.6. The minimum atomic E-state index is -1.02. The van der Waals surface area contributed by atoms with Gasteiger partial charge in [0.15, 0.2) is 0 Å². The summed E-state index contributed by atoms with van der Waals surface area (Å²) in [5.74, 6) is -2.63. The second-order valence-electron chi connectivity index (χ2n) is 19.4. The maximum Gasteiger partial charge on any atom is 0.315 e. The van der Waals surface area contributed by atoms with E-state index in [1.54, 1.807) is 4.90 Å². The summed E-state index contributed by atoms with van der Waals surface area (Å²) in [6, 6.07) is -4.03. The molecule has 2 heterocycles. The molecule has 0 aromatic rings. The van der Waals surface area contributed by atoms with Gasteiger partial charge in [-0.3, -0.25) is 33.7 Å². The van der Waals surface area contributed by atoms with Crippen molar-refractivity contribution < 1.29 is 33.6 Å². The van der Waals surface area contributed by atoms with Crippen molar-refractivity contribution in [2.45, 2.75) is 162 Å². The van der Waals surface area contributed by atoms with Crippen LogP contribution in [-0.2, 0) is 28.8 Å². The first kappa shape index (κ1) is 43.4. The molecule has 5 aliphatic rings. The molecule has 2 unspecified atom stereocenters. The van der Waals surface area contributed by atoms with E-state index in [2.05, 4.69) is 27.8 Å². The van der Waals surface area contributed by atoms with Crippen molar-refractivity contribution in [1.29, 1.82) is 0 Å². The second-order valence-corrected chi connectivity index (χ2v) is 19.4. The molecule has 3 saturated carbocycles. The molecule has 312 valence electrons. The van der Waals surface area contributed by atoms with Crippen LogP contribution >= 0.6 is 0 Å². The number of nitrogens with one attached hydrogen (secondary N) is 4. The molecule has 2 saturated heterocycles. The summed E-state index contributed by atoms with van der Waals surface area (Å²) in [4.78, 5) is 99.2. The third kappa shape index (κ3) is 10.2. The second kappa shape index (κ2) is 17.8. The average molecular weight is 781 g/mol. The number of amides is 7. The molecule has 7 amide bonds.